The third-order valence-corrected chi connectivity index (χ3v) is 3.47. The first-order valence-corrected chi connectivity index (χ1v) is 6.50. The van der Waals surface area contributed by atoms with Crippen LogP contribution in [0.1, 0.15) is 12.8 Å². The van der Waals surface area contributed by atoms with Crippen molar-refractivity contribution in [3.63, 3.8) is 0 Å². The number of hydrogen-bond donors (Lipinski definition) is 1. The number of benzene rings is 1. The molecule has 0 spiro atoms. The molecule has 4 nitrogen and oxygen atoms in total. The Balaban J connectivity index is 1.79. The van der Waals surface area contributed by atoms with Crippen molar-refractivity contribution in [3.05, 3.63) is 24.0 Å². The minimum Gasteiger partial charge on any atom is -0.476 e. The molecule has 1 atom stereocenters. The zero-order chi connectivity index (χ0) is 13.7. The molecule has 0 aromatic heterocycles. The minimum atomic E-state index is -0.335. The lowest BCUT2D eigenvalue weighted by Gasteiger charge is -2.20. The van der Waals surface area contributed by atoms with Gasteiger partial charge >= 0.3 is 0 Å². The Morgan fingerprint density at radius 3 is 3.11 bits per heavy atom. The first kappa shape index (κ1) is 14.0. The molecule has 19 heavy (non-hydrogen) atoms. The number of likely N-dealkylation sites (N-methyl/N-ethyl adjacent to an activating group) is 1. The molecule has 1 aromatic rings. The van der Waals surface area contributed by atoms with E-state index in [9.17, 15) is 4.39 Å². The van der Waals surface area contributed by atoms with Crippen LogP contribution in [0.25, 0.3) is 0 Å². The Hall–Kier alpha value is -1.46. The Morgan fingerprint density at radius 2 is 2.42 bits per heavy atom. The second-order valence-corrected chi connectivity index (χ2v) is 4.79. The van der Waals surface area contributed by atoms with Crippen molar-refractivity contribution in [2.24, 2.45) is 4.99 Å². The van der Waals surface area contributed by atoms with E-state index in [-0.39, 0.29) is 5.82 Å². The molecule has 0 radical (unpaired) electrons. The van der Waals surface area contributed by atoms with E-state index < -0.39 is 0 Å². The molecule has 1 fully saturated rings. The molecule has 0 saturated carbocycles. The van der Waals surface area contributed by atoms with Gasteiger partial charge in [0.05, 0.1) is 0 Å². The van der Waals surface area contributed by atoms with Gasteiger partial charge in [0.1, 0.15) is 24.0 Å². The maximum absolute atomic E-state index is 13.1. The predicted molar refractivity (Wildman–Crippen MR) is 74.8 cm³/mol. The maximum Gasteiger partial charge on any atom is 0.149 e. The summed E-state index contributed by atoms with van der Waals surface area (Å²) < 4.78 is 18.6. The van der Waals surface area contributed by atoms with Gasteiger partial charge in [-0.1, -0.05) is 0 Å². The summed E-state index contributed by atoms with van der Waals surface area (Å²) in [7, 11) is 2.13. The molecule has 2 rings (SSSR count). The van der Waals surface area contributed by atoms with Gasteiger partial charge in [-0.05, 0) is 45.3 Å². The van der Waals surface area contributed by atoms with Gasteiger partial charge in [-0.3, -0.25) is 10.3 Å². The first-order valence-electron chi connectivity index (χ1n) is 6.50. The Labute approximate surface area is 113 Å². The number of nitrogens with zero attached hydrogens (tertiary/aromatic N) is 2. The number of rotatable bonds is 6. The summed E-state index contributed by atoms with van der Waals surface area (Å²) in [6.07, 6.45) is 2.46. The lowest BCUT2D eigenvalue weighted by molar-refractivity contribution is 0.246. The minimum absolute atomic E-state index is 0.335. The van der Waals surface area contributed by atoms with Crippen LogP contribution in [0.3, 0.4) is 0 Å². The number of likely N-dealkylation sites (tertiary alicyclic amines) is 1. The Kier molecular flexibility index (Phi) is 4.87. The lowest BCUT2D eigenvalue weighted by atomic mass is 10.2. The molecule has 0 bridgehead atoms. The van der Waals surface area contributed by atoms with Crippen LogP contribution >= 0.6 is 0 Å². The van der Waals surface area contributed by atoms with E-state index in [0.717, 1.165) is 13.1 Å². The second-order valence-electron chi connectivity index (χ2n) is 4.79. The highest BCUT2D eigenvalue weighted by Crippen LogP contribution is 2.27. The second kappa shape index (κ2) is 6.63. The van der Waals surface area contributed by atoms with Gasteiger partial charge in [0.25, 0.3) is 0 Å². The summed E-state index contributed by atoms with van der Waals surface area (Å²) in [6.45, 7) is 5.82. The molecule has 5 heteroatoms. The number of ether oxygens (including phenoxy) is 1. The summed E-state index contributed by atoms with van der Waals surface area (Å²) in [5, 5.41) is 3.23. The van der Waals surface area contributed by atoms with Gasteiger partial charge in [0, 0.05) is 18.7 Å². The van der Waals surface area contributed by atoms with Crippen molar-refractivity contribution < 1.29 is 9.13 Å². The van der Waals surface area contributed by atoms with E-state index in [0.29, 0.717) is 24.2 Å². The summed E-state index contributed by atoms with van der Waals surface area (Å²) in [5.41, 5.74) is 0.557. The van der Waals surface area contributed by atoms with Crippen molar-refractivity contribution in [1.29, 1.82) is 0 Å². The van der Waals surface area contributed by atoms with Gasteiger partial charge in [0.2, 0.25) is 0 Å². The molecule has 1 aromatic carbocycles. The van der Waals surface area contributed by atoms with E-state index in [2.05, 4.69) is 29.0 Å². The number of hydrogen-bond acceptors (Lipinski definition) is 4. The molecule has 1 aliphatic heterocycles. The Morgan fingerprint density at radius 1 is 1.58 bits per heavy atom. The third kappa shape index (κ3) is 3.75. The fraction of sp³-hybridized carbons (Fsp3) is 0.500. The van der Waals surface area contributed by atoms with Crippen molar-refractivity contribution in [1.82, 2.24) is 10.2 Å². The third-order valence-electron chi connectivity index (χ3n) is 3.47. The summed E-state index contributed by atoms with van der Waals surface area (Å²) in [6, 6.07) is 4.79. The SMILES string of the molecule is C=Nc1ccc(F)cc1OCNCC1CCCN1C. The van der Waals surface area contributed by atoms with Crippen LogP contribution in [0, 0.1) is 5.82 Å². The highest BCUT2D eigenvalue weighted by molar-refractivity contribution is 5.55. The average molecular weight is 265 g/mol. The highest BCUT2D eigenvalue weighted by Gasteiger charge is 2.19. The first-order chi connectivity index (χ1) is 9.20. The predicted octanol–water partition coefficient (Wildman–Crippen LogP) is 2.18. The zero-order valence-corrected chi connectivity index (χ0v) is 11.2. The van der Waals surface area contributed by atoms with Crippen LogP contribution in [0.5, 0.6) is 5.75 Å². The summed E-state index contributed by atoms with van der Waals surface area (Å²) in [5.74, 6) is 0.0835. The van der Waals surface area contributed by atoms with Gasteiger partial charge in [-0.2, -0.15) is 0 Å². The Bertz CT molecular complexity index is 439. The normalized spacial score (nSPS) is 19.6. The number of halogens is 1. The van der Waals surface area contributed by atoms with Crippen molar-refractivity contribution >= 4 is 12.4 Å². The van der Waals surface area contributed by atoms with E-state index >= 15 is 0 Å². The van der Waals surface area contributed by atoms with Gasteiger partial charge in [0.15, 0.2) is 0 Å². The van der Waals surface area contributed by atoms with E-state index in [4.69, 9.17) is 4.74 Å². The number of aliphatic imine (C=N–C) groups is 1. The quantitative estimate of drug-likeness (QED) is 0.486. The molecular formula is C14H20FN3O. The van der Waals surface area contributed by atoms with Gasteiger partial charge in [-0.15, -0.1) is 0 Å². The fourth-order valence-electron chi connectivity index (χ4n) is 2.33. The van der Waals surface area contributed by atoms with Crippen LogP contribution < -0.4 is 10.1 Å². The van der Waals surface area contributed by atoms with Gasteiger partial charge < -0.3 is 9.64 Å². The van der Waals surface area contributed by atoms with Crippen molar-refractivity contribution in [2.45, 2.75) is 18.9 Å². The highest BCUT2D eigenvalue weighted by atomic mass is 19.1. The smallest absolute Gasteiger partial charge is 0.149 e. The molecule has 0 aliphatic carbocycles. The fourth-order valence-corrected chi connectivity index (χ4v) is 2.33. The molecule has 1 unspecified atom stereocenters. The largest absolute Gasteiger partial charge is 0.476 e. The van der Waals surface area contributed by atoms with Crippen LogP contribution in [0.2, 0.25) is 0 Å². The topological polar surface area (TPSA) is 36.9 Å². The molecule has 1 N–H and O–H groups in total. The van der Waals surface area contributed by atoms with Crippen LogP contribution in [0.4, 0.5) is 10.1 Å². The zero-order valence-electron chi connectivity index (χ0n) is 11.2. The van der Waals surface area contributed by atoms with E-state index in [1.54, 1.807) is 6.07 Å². The van der Waals surface area contributed by atoms with Gasteiger partial charge in [-0.25, -0.2) is 4.39 Å². The number of nitrogens with one attached hydrogen (secondary N) is 1. The maximum atomic E-state index is 13.1. The standard InChI is InChI=1S/C14H20FN3O/c1-16-13-6-5-11(15)8-14(13)19-10-17-9-12-4-3-7-18(12)2/h5-6,8,12,17H,1,3-4,7,9-10H2,2H3. The molecule has 1 saturated heterocycles. The molecule has 1 heterocycles. The van der Waals surface area contributed by atoms with E-state index in [1.807, 2.05) is 0 Å². The molecular weight excluding hydrogens is 245 g/mol. The molecule has 0 amide bonds. The summed E-state index contributed by atoms with van der Waals surface area (Å²) in [4.78, 5) is 6.14. The van der Waals surface area contributed by atoms with Crippen LogP contribution in [-0.2, 0) is 0 Å². The van der Waals surface area contributed by atoms with E-state index in [1.165, 1.54) is 25.0 Å². The lowest BCUT2D eigenvalue weighted by Crippen LogP contribution is -2.36. The monoisotopic (exact) mass is 265 g/mol. The van der Waals surface area contributed by atoms with Crippen LogP contribution in [0.15, 0.2) is 23.2 Å². The van der Waals surface area contributed by atoms with Crippen molar-refractivity contribution in [3.8, 4) is 5.75 Å². The molecule has 104 valence electrons. The summed E-state index contributed by atoms with van der Waals surface area (Å²) >= 11 is 0. The van der Waals surface area contributed by atoms with Crippen molar-refractivity contribution in [2.75, 3.05) is 26.9 Å². The van der Waals surface area contributed by atoms with Crippen LogP contribution in [-0.4, -0.2) is 44.5 Å². The molecule has 1 aliphatic rings. The average Bonchev–Trinajstić information content (AvgIpc) is 2.80.